The largest absolute Gasteiger partial charge is 0.494 e. The fourth-order valence-electron chi connectivity index (χ4n) is 2.61. The number of amides is 1. The third-order valence-electron chi connectivity index (χ3n) is 4.21. The monoisotopic (exact) mass is 433 g/mol. The molecule has 0 fully saturated rings. The van der Waals surface area contributed by atoms with Crippen LogP contribution in [-0.2, 0) is 0 Å². The molecule has 32 heavy (non-hydrogen) atoms. The Labute approximate surface area is 183 Å². The van der Waals surface area contributed by atoms with Gasteiger partial charge in [-0.15, -0.1) is 0 Å². The lowest BCUT2D eigenvalue weighted by Crippen LogP contribution is -2.17. The van der Waals surface area contributed by atoms with Crippen LogP contribution >= 0.6 is 0 Å². The molecule has 0 aliphatic carbocycles. The molecule has 162 valence electrons. The van der Waals surface area contributed by atoms with Crippen LogP contribution < -0.4 is 14.9 Å². The van der Waals surface area contributed by atoms with Gasteiger partial charge in [0.05, 0.1) is 23.3 Å². The zero-order valence-corrected chi connectivity index (χ0v) is 17.1. The standard InChI is InChI=1S/C23H19N3O6/c1-2-31-20-13-7-18(8-14-20)23(28)32-21-11-3-16(4-12-21)15-24-25-22(27)17-5-9-19(10-6-17)26(29)30/h3-15H,2H2,1H3,(H,25,27). The summed E-state index contributed by atoms with van der Waals surface area (Å²) in [5.74, 6) is 0.0335. The van der Waals surface area contributed by atoms with E-state index in [4.69, 9.17) is 9.47 Å². The van der Waals surface area contributed by atoms with E-state index < -0.39 is 16.8 Å². The second kappa shape index (κ2) is 10.5. The van der Waals surface area contributed by atoms with Gasteiger partial charge in [-0.2, -0.15) is 5.10 Å². The molecule has 0 unspecified atom stereocenters. The number of nitrogens with one attached hydrogen (secondary N) is 1. The first-order valence-electron chi connectivity index (χ1n) is 9.59. The highest BCUT2D eigenvalue weighted by atomic mass is 16.6. The van der Waals surface area contributed by atoms with E-state index in [1.165, 1.54) is 30.5 Å². The summed E-state index contributed by atoms with van der Waals surface area (Å²) in [5.41, 5.74) is 3.54. The fraction of sp³-hybridized carbons (Fsp3) is 0.0870. The van der Waals surface area contributed by atoms with Gasteiger partial charge in [0.1, 0.15) is 11.5 Å². The molecule has 0 atom stereocenters. The van der Waals surface area contributed by atoms with Gasteiger partial charge in [-0.1, -0.05) is 0 Å². The summed E-state index contributed by atoms with van der Waals surface area (Å²) in [6, 6.07) is 18.4. The van der Waals surface area contributed by atoms with Crippen LogP contribution in [0.4, 0.5) is 5.69 Å². The van der Waals surface area contributed by atoms with Crippen molar-refractivity contribution in [2.75, 3.05) is 6.61 Å². The van der Waals surface area contributed by atoms with Gasteiger partial charge in [0.2, 0.25) is 0 Å². The van der Waals surface area contributed by atoms with Gasteiger partial charge in [0, 0.05) is 17.7 Å². The number of carbonyl (C=O) groups excluding carboxylic acids is 2. The maximum atomic E-state index is 12.2. The number of hydrogen-bond donors (Lipinski definition) is 1. The van der Waals surface area contributed by atoms with E-state index in [1.807, 2.05) is 6.92 Å². The zero-order valence-electron chi connectivity index (χ0n) is 17.1. The lowest BCUT2D eigenvalue weighted by Gasteiger charge is -2.06. The van der Waals surface area contributed by atoms with E-state index in [-0.39, 0.29) is 11.3 Å². The minimum absolute atomic E-state index is 0.103. The van der Waals surface area contributed by atoms with Crippen molar-refractivity contribution in [1.82, 2.24) is 5.43 Å². The first-order valence-corrected chi connectivity index (χ1v) is 9.59. The van der Waals surface area contributed by atoms with E-state index in [9.17, 15) is 19.7 Å². The summed E-state index contributed by atoms with van der Waals surface area (Å²) in [6.45, 7) is 2.42. The summed E-state index contributed by atoms with van der Waals surface area (Å²) >= 11 is 0. The molecular weight excluding hydrogens is 414 g/mol. The van der Waals surface area contributed by atoms with Crippen LogP contribution in [0.5, 0.6) is 11.5 Å². The van der Waals surface area contributed by atoms with Gasteiger partial charge >= 0.3 is 5.97 Å². The molecule has 3 aromatic carbocycles. The average Bonchev–Trinajstić information content (AvgIpc) is 2.81. The molecule has 0 aliphatic rings. The van der Waals surface area contributed by atoms with Crippen molar-refractivity contribution in [2.24, 2.45) is 5.10 Å². The minimum atomic E-state index is -0.543. The highest BCUT2D eigenvalue weighted by Crippen LogP contribution is 2.16. The second-order valence-electron chi connectivity index (χ2n) is 6.42. The van der Waals surface area contributed by atoms with Gasteiger partial charge in [0.25, 0.3) is 11.6 Å². The number of hydrazone groups is 1. The van der Waals surface area contributed by atoms with Gasteiger partial charge in [-0.3, -0.25) is 14.9 Å². The molecule has 3 rings (SSSR count). The van der Waals surface area contributed by atoms with Crippen LogP contribution in [0.2, 0.25) is 0 Å². The highest BCUT2D eigenvalue weighted by Gasteiger charge is 2.10. The molecule has 1 amide bonds. The third kappa shape index (κ3) is 5.99. The third-order valence-corrected chi connectivity index (χ3v) is 4.21. The van der Waals surface area contributed by atoms with Crippen molar-refractivity contribution in [2.45, 2.75) is 6.92 Å². The Balaban J connectivity index is 1.53. The van der Waals surface area contributed by atoms with E-state index in [0.29, 0.717) is 29.2 Å². The topological polar surface area (TPSA) is 120 Å². The number of benzene rings is 3. The molecule has 3 aromatic rings. The Hall–Kier alpha value is -4.53. The molecule has 1 N–H and O–H groups in total. The molecule has 0 spiro atoms. The van der Waals surface area contributed by atoms with Crippen LogP contribution in [-0.4, -0.2) is 29.6 Å². The number of ether oxygens (including phenoxy) is 2. The highest BCUT2D eigenvalue weighted by molar-refractivity contribution is 5.95. The maximum Gasteiger partial charge on any atom is 0.343 e. The smallest absolute Gasteiger partial charge is 0.343 e. The molecular formula is C23H19N3O6. The van der Waals surface area contributed by atoms with Gasteiger partial charge < -0.3 is 9.47 Å². The number of rotatable bonds is 8. The number of carbonyl (C=O) groups is 2. The van der Waals surface area contributed by atoms with Gasteiger partial charge in [-0.05, 0) is 73.2 Å². The number of non-ortho nitro benzene ring substituents is 1. The average molecular weight is 433 g/mol. The number of esters is 1. The number of nitro benzene ring substituents is 1. The summed E-state index contributed by atoms with van der Waals surface area (Å²) < 4.78 is 10.7. The number of nitrogens with zero attached hydrogens (tertiary/aromatic N) is 2. The Morgan fingerprint density at radius 3 is 2.12 bits per heavy atom. The van der Waals surface area contributed by atoms with Gasteiger partial charge in [0.15, 0.2) is 0 Å². The van der Waals surface area contributed by atoms with E-state index in [1.54, 1.807) is 48.5 Å². The summed E-state index contributed by atoms with van der Waals surface area (Å²) in [6.07, 6.45) is 1.42. The Kier molecular flexibility index (Phi) is 7.26. The first kappa shape index (κ1) is 22.2. The Morgan fingerprint density at radius 2 is 1.53 bits per heavy atom. The number of nitro groups is 1. The Bertz CT molecular complexity index is 1120. The summed E-state index contributed by atoms with van der Waals surface area (Å²) in [4.78, 5) is 34.4. The predicted molar refractivity (Wildman–Crippen MR) is 117 cm³/mol. The fourth-order valence-corrected chi connectivity index (χ4v) is 2.61. The Morgan fingerprint density at radius 1 is 0.938 bits per heavy atom. The normalized spacial score (nSPS) is 10.5. The SMILES string of the molecule is CCOc1ccc(C(=O)Oc2ccc(C=NNC(=O)c3ccc([N+](=O)[O-])cc3)cc2)cc1. The lowest BCUT2D eigenvalue weighted by molar-refractivity contribution is -0.384. The van der Waals surface area contributed by atoms with Crippen LogP contribution in [0.15, 0.2) is 77.9 Å². The summed E-state index contributed by atoms with van der Waals surface area (Å²) in [5, 5.41) is 14.5. The quantitative estimate of drug-likeness (QED) is 0.189. The van der Waals surface area contributed by atoms with Crippen LogP contribution in [0.25, 0.3) is 0 Å². The lowest BCUT2D eigenvalue weighted by atomic mass is 10.2. The maximum absolute atomic E-state index is 12.2. The van der Waals surface area contributed by atoms with Crippen molar-refractivity contribution < 1.29 is 24.0 Å². The van der Waals surface area contributed by atoms with Crippen molar-refractivity contribution in [3.8, 4) is 11.5 Å². The van der Waals surface area contributed by atoms with E-state index in [2.05, 4.69) is 10.5 Å². The molecule has 0 saturated carbocycles. The second-order valence-corrected chi connectivity index (χ2v) is 6.42. The molecule has 9 heteroatoms. The molecule has 0 heterocycles. The predicted octanol–water partition coefficient (Wildman–Crippen LogP) is 3.98. The molecule has 0 radical (unpaired) electrons. The molecule has 0 aliphatic heterocycles. The zero-order chi connectivity index (χ0) is 22.9. The van der Waals surface area contributed by atoms with Crippen molar-refractivity contribution >= 4 is 23.8 Å². The molecule has 9 nitrogen and oxygen atoms in total. The minimum Gasteiger partial charge on any atom is -0.494 e. The van der Waals surface area contributed by atoms with E-state index >= 15 is 0 Å². The number of hydrogen-bond acceptors (Lipinski definition) is 7. The first-order chi connectivity index (χ1) is 15.5. The molecule has 0 saturated heterocycles. The molecule has 0 aromatic heterocycles. The van der Waals surface area contributed by atoms with Crippen LogP contribution in [0.1, 0.15) is 33.2 Å². The van der Waals surface area contributed by atoms with Crippen LogP contribution in [0, 0.1) is 10.1 Å². The van der Waals surface area contributed by atoms with Crippen LogP contribution in [0.3, 0.4) is 0 Å². The summed E-state index contributed by atoms with van der Waals surface area (Å²) in [7, 11) is 0. The van der Waals surface area contributed by atoms with Crippen molar-refractivity contribution in [3.63, 3.8) is 0 Å². The van der Waals surface area contributed by atoms with Crippen molar-refractivity contribution in [3.05, 3.63) is 99.6 Å². The van der Waals surface area contributed by atoms with E-state index in [0.717, 1.165) is 0 Å². The van der Waals surface area contributed by atoms with Gasteiger partial charge in [-0.25, -0.2) is 10.2 Å². The van der Waals surface area contributed by atoms with Crippen molar-refractivity contribution in [1.29, 1.82) is 0 Å². The molecule has 0 bridgehead atoms.